The number of nitrogens with zero attached hydrogens (tertiary/aromatic N) is 1. The van der Waals surface area contributed by atoms with Crippen LogP contribution >= 0.6 is 0 Å². The van der Waals surface area contributed by atoms with Crippen LogP contribution in [0.1, 0.15) is 18.1 Å². The van der Waals surface area contributed by atoms with Gasteiger partial charge in [0.15, 0.2) is 5.89 Å². The lowest BCUT2D eigenvalue weighted by Gasteiger charge is -1.91. The smallest absolute Gasteiger partial charge is 0.194 e. The van der Waals surface area contributed by atoms with E-state index in [-0.39, 0.29) is 13.2 Å². The Morgan fingerprint density at radius 3 is 2.75 bits per heavy atom. The molecular formula is C8H13NO3. The number of aliphatic hydroxyl groups is 2. The molecule has 1 heterocycles. The van der Waals surface area contributed by atoms with E-state index >= 15 is 0 Å². The topological polar surface area (TPSA) is 66.5 Å². The third kappa shape index (κ3) is 2.64. The quantitative estimate of drug-likeness (QED) is 0.661. The SMILES string of the molecule is OCCCc1ncc(CCO)o1. The lowest BCUT2D eigenvalue weighted by atomic mass is 10.3. The van der Waals surface area contributed by atoms with Gasteiger partial charge in [-0.3, -0.25) is 0 Å². The first-order chi connectivity index (χ1) is 5.86. The fraction of sp³-hybridized carbons (Fsp3) is 0.625. The highest BCUT2D eigenvalue weighted by molar-refractivity contribution is 4.94. The molecule has 0 saturated carbocycles. The second-order valence-corrected chi connectivity index (χ2v) is 2.52. The van der Waals surface area contributed by atoms with Gasteiger partial charge in [-0.15, -0.1) is 0 Å². The summed E-state index contributed by atoms with van der Waals surface area (Å²) in [5.74, 6) is 1.33. The molecule has 0 bridgehead atoms. The van der Waals surface area contributed by atoms with Gasteiger partial charge in [-0.1, -0.05) is 0 Å². The van der Waals surface area contributed by atoms with E-state index in [9.17, 15) is 0 Å². The Hall–Kier alpha value is -0.870. The first-order valence-corrected chi connectivity index (χ1v) is 4.02. The van der Waals surface area contributed by atoms with Crippen LogP contribution in [0.4, 0.5) is 0 Å². The Kier molecular flexibility index (Phi) is 3.76. The second kappa shape index (κ2) is 4.90. The molecule has 4 heteroatoms. The first kappa shape index (κ1) is 9.22. The summed E-state index contributed by atoms with van der Waals surface area (Å²) < 4.78 is 5.24. The van der Waals surface area contributed by atoms with Crippen LogP contribution in [-0.2, 0) is 12.8 Å². The van der Waals surface area contributed by atoms with Crippen molar-refractivity contribution >= 4 is 0 Å². The molecule has 0 atom stereocenters. The lowest BCUT2D eigenvalue weighted by Crippen LogP contribution is -1.89. The minimum Gasteiger partial charge on any atom is -0.446 e. The van der Waals surface area contributed by atoms with Crippen molar-refractivity contribution in [3.63, 3.8) is 0 Å². The fourth-order valence-corrected chi connectivity index (χ4v) is 0.920. The largest absolute Gasteiger partial charge is 0.446 e. The second-order valence-electron chi connectivity index (χ2n) is 2.52. The van der Waals surface area contributed by atoms with E-state index in [0.29, 0.717) is 30.9 Å². The third-order valence-electron chi connectivity index (χ3n) is 1.51. The van der Waals surface area contributed by atoms with Gasteiger partial charge in [0.25, 0.3) is 0 Å². The van der Waals surface area contributed by atoms with E-state index in [4.69, 9.17) is 14.6 Å². The molecular weight excluding hydrogens is 158 g/mol. The van der Waals surface area contributed by atoms with E-state index < -0.39 is 0 Å². The molecule has 0 amide bonds. The van der Waals surface area contributed by atoms with Crippen molar-refractivity contribution in [1.82, 2.24) is 4.98 Å². The maximum absolute atomic E-state index is 8.58. The van der Waals surface area contributed by atoms with Crippen LogP contribution in [0.2, 0.25) is 0 Å². The number of hydrogen-bond acceptors (Lipinski definition) is 4. The van der Waals surface area contributed by atoms with Gasteiger partial charge in [-0.25, -0.2) is 4.98 Å². The highest BCUT2D eigenvalue weighted by atomic mass is 16.4. The van der Waals surface area contributed by atoms with Crippen LogP contribution in [0.5, 0.6) is 0 Å². The number of aromatic nitrogens is 1. The molecule has 1 rings (SSSR count). The molecule has 0 radical (unpaired) electrons. The molecule has 12 heavy (non-hydrogen) atoms. The van der Waals surface area contributed by atoms with Crippen molar-refractivity contribution < 1.29 is 14.6 Å². The van der Waals surface area contributed by atoms with Crippen LogP contribution in [0.25, 0.3) is 0 Å². The maximum Gasteiger partial charge on any atom is 0.194 e. The molecule has 1 aromatic heterocycles. The molecule has 2 N–H and O–H groups in total. The fourth-order valence-electron chi connectivity index (χ4n) is 0.920. The summed E-state index contributed by atoms with van der Waals surface area (Å²) in [6.45, 7) is 0.229. The molecule has 0 fully saturated rings. The highest BCUT2D eigenvalue weighted by Crippen LogP contribution is 2.05. The molecule has 0 aliphatic heterocycles. The molecule has 4 nitrogen and oxygen atoms in total. The van der Waals surface area contributed by atoms with Crippen molar-refractivity contribution in [2.24, 2.45) is 0 Å². The van der Waals surface area contributed by atoms with Gasteiger partial charge in [0.2, 0.25) is 0 Å². The van der Waals surface area contributed by atoms with Crippen molar-refractivity contribution in [1.29, 1.82) is 0 Å². The number of rotatable bonds is 5. The summed E-state index contributed by atoms with van der Waals surface area (Å²) in [6, 6.07) is 0. The molecule has 0 spiro atoms. The summed E-state index contributed by atoms with van der Waals surface area (Å²) in [6.07, 6.45) is 3.44. The van der Waals surface area contributed by atoms with Gasteiger partial charge in [0, 0.05) is 19.4 Å². The maximum atomic E-state index is 8.58. The van der Waals surface area contributed by atoms with Crippen molar-refractivity contribution in [2.45, 2.75) is 19.3 Å². The van der Waals surface area contributed by atoms with Gasteiger partial charge < -0.3 is 14.6 Å². The molecule has 1 aromatic rings. The summed E-state index contributed by atoms with van der Waals surface area (Å²) >= 11 is 0. The monoisotopic (exact) mass is 171 g/mol. The number of oxazole rings is 1. The van der Waals surface area contributed by atoms with E-state index in [0.717, 1.165) is 0 Å². The summed E-state index contributed by atoms with van der Waals surface area (Å²) in [5.41, 5.74) is 0. The predicted molar refractivity (Wildman–Crippen MR) is 42.7 cm³/mol. The van der Waals surface area contributed by atoms with Crippen molar-refractivity contribution in [3.8, 4) is 0 Å². The van der Waals surface area contributed by atoms with Gasteiger partial charge >= 0.3 is 0 Å². The Morgan fingerprint density at radius 1 is 1.25 bits per heavy atom. The first-order valence-electron chi connectivity index (χ1n) is 4.02. The van der Waals surface area contributed by atoms with Crippen LogP contribution in [0, 0.1) is 0 Å². The molecule has 0 aromatic carbocycles. The van der Waals surface area contributed by atoms with E-state index in [1.54, 1.807) is 6.20 Å². The summed E-state index contributed by atoms with van der Waals surface area (Å²) in [4.78, 5) is 3.98. The molecule has 68 valence electrons. The molecule has 0 unspecified atom stereocenters. The Bertz CT molecular complexity index is 222. The van der Waals surface area contributed by atoms with Crippen LogP contribution < -0.4 is 0 Å². The summed E-state index contributed by atoms with van der Waals surface area (Å²) in [7, 11) is 0. The van der Waals surface area contributed by atoms with Crippen molar-refractivity contribution in [3.05, 3.63) is 17.8 Å². The predicted octanol–water partition coefficient (Wildman–Crippen LogP) is 0.134. The molecule has 0 aliphatic carbocycles. The van der Waals surface area contributed by atoms with E-state index in [1.807, 2.05) is 0 Å². The minimum atomic E-state index is 0.0780. The number of hydrogen-bond donors (Lipinski definition) is 2. The Balaban J connectivity index is 2.41. The normalized spacial score (nSPS) is 10.5. The Labute approximate surface area is 70.9 Å². The van der Waals surface area contributed by atoms with E-state index in [2.05, 4.69) is 4.98 Å². The third-order valence-corrected chi connectivity index (χ3v) is 1.51. The van der Waals surface area contributed by atoms with E-state index in [1.165, 1.54) is 0 Å². The highest BCUT2D eigenvalue weighted by Gasteiger charge is 2.01. The summed E-state index contributed by atoms with van der Waals surface area (Å²) in [5, 5.41) is 17.1. The molecule has 0 aliphatic rings. The lowest BCUT2D eigenvalue weighted by molar-refractivity contribution is 0.275. The average molecular weight is 171 g/mol. The zero-order valence-electron chi connectivity index (χ0n) is 6.86. The van der Waals surface area contributed by atoms with Gasteiger partial charge in [-0.05, 0) is 6.42 Å². The average Bonchev–Trinajstić information content (AvgIpc) is 2.50. The standard InChI is InChI=1S/C8H13NO3/c10-4-1-2-8-9-6-7(12-8)3-5-11/h6,10-11H,1-5H2. The minimum absolute atomic E-state index is 0.0780. The van der Waals surface area contributed by atoms with Crippen LogP contribution in [0.15, 0.2) is 10.6 Å². The van der Waals surface area contributed by atoms with Crippen molar-refractivity contribution in [2.75, 3.05) is 13.2 Å². The number of aliphatic hydroxyl groups excluding tert-OH is 2. The van der Waals surface area contributed by atoms with Gasteiger partial charge in [0.05, 0.1) is 12.8 Å². The Morgan fingerprint density at radius 2 is 2.08 bits per heavy atom. The van der Waals surface area contributed by atoms with Gasteiger partial charge in [-0.2, -0.15) is 0 Å². The van der Waals surface area contributed by atoms with Gasteiger partial charge in [0.1, 0.15) is 5.76 Å². The zero-order chi connectivity index (χ0) is 8.81. The molecule has 0 saturated heterocycles. The van der Waals surface area contributed by atoms with Crippen LogP contribution in [-0.4, -0.2) is 28.4 Å². The zero-order valence-corrected chi connectivity index (χ0v) is 6.86. The number of aryl methyl sites for hydroxylation is 1. The van der Waals surface area contributed by atoms with Crippen LogP contribution in [0.3, 0.4) is 0 Å².